The molecule has 0 unspecified atom stereocenters. The molecule has 2 aromatic heterocycles. The second-order valence-corrected chi connectivity index (χ2v) is 7.16. The van der Waals surface area contributed by atoms with Crippen LogP contribution in [0.15, 0.2) is 46.6 Å². The predicted molar refractivity (Wildman–Crippen MR) is 108 cm³/mol. The zero-order valence-corrected chi connectivity index (χ0v) is 16.2. The van der Waals surface area contributed by atoms with Crippen molar-refractivity contribution in [3.8, 4) is 0 Å². The van der Waals surface area contributed by atoms with Gasteiger partial charge in [0.1, 0.15) is 10.5 Å². The minimum Gasteiger partial charge on any atom is -0.338 e. The molecule has 3 aromatic rings. The summed E-state index contributed by atoms with van der Waals surface area (Å²) in [6, 6.07) is 11.0. The number of carbonyl (C=O) groups excluding carboxylic acids is 2. The minimum atomic E-state index is -0.326. The number of nitrogens with one attached hydrogen (secondary N) is 3. The van der Waals surface area contributed by atoms with E-state index in [2.05, 4.69) is 20.6 Å². The summed E-state index contributed by atoms with van der Waals surface area (Å²) in [6.45, 7) is 0.835. The fraction of sp³-hybridized carbons (Fsp3) is 0.263. The molecule has 3 amide bonds. The van der Waals surface area contributed by atoms with Gasteiger partial charge in [0.2, 0.25) is 5.91 Å². The van der Waals surface area contributed by atoms with Crippen LogP contribution in [0.5, 0.6) is 0 Å². The van der Waals surface area contributed by atoms with Crippen molar-refractivity contribution in [1.29, 1.82) is 0 Å². The van der Waals surface area contributed by atoms with Gasteiger partial charge in [-0.25, -0.2) is 9.78 Å². The summed E-state index contributed by atoms with van der Waals surface area (Å²) in [5, 5.41) is 7.21. The summed E-state index contributed by atoms with van der Waals surface area (Å²) >= 11 is 1.33. The highest BCUT2D eigenvalue weighted by atomic mass is 32.1. The molecule has 3 N–H and O–H groups in total. The van der Waals surface area contributed by atoms with Gasteiger partial charge in [0.05, 0.1) is 12.1 Å². The summed E-state index contributed by atoms with van der Waals surface area (Å²) in [6.07, 6.45) is 0.153. The maximum atomic E-state index is 12.2. The molecule has 9 heteroatoms. The lowest BCUT2D eigenvalue weighted by Crippen LogP contribution is -2.38. The third kappa shape index (κ3) is 5.17. The van der Waals surface area contributed by atoms with Crippen LogP contribution < -0.4 is 16.2 Å². The highest BCUT2D eigenvalue weighted by Gasteiger charge is 2.12. The van der Waals surface area contributed by atoms with E-state index < -0.39 is 0 Å². The van der Waals surface area contributed by atoms with Crippen LogP contribution in [0.4, 0.5) is 4.79 Å². The molecule has 0 spiro atoms. The molecule has 0 fully saturated rings. The molecule has 146 valence electrons. The van der Waals surface area contributed by atoms with Crippen molar-refractivity contribution in [2.45, 2.75) is 19.5 Å². The summed E-state index contributed by atoms with van der Waals surface area (Å²) in [5.74, 6) is 0.275. The van der Waals surface area contributed by atoms with Crippen molar-refractivity contribution in [2.75, 3.05) is 13.6 Å². The van der Waals surface area contributed by atoms with Crippen molar-refractivity contribution < 1.29 is 9.59 Å². The Morgan fingerprint density at radius 3 is 2.75 bits per heavy atom. The lowest BCUT2D eigenvalue weighted by molar-refractivity contribution is -0.130. The second kappa shape index (κ2) is 9.14. The van der Waals surface area contributed by atoms with E-state index in [0.717, 1.165) is 5.56 Å². The first-order valence-electron chi connectivity index (χ1n) is 8.79. The normalized spacial score (nSPS) is 10.6. The van der Waals surface area contributed by atoms with E-state index >= 15 is 0 Å². The van der Waals surface area contributed by atoms with Gasteiger partial charge in [-0.15, -0.1) is 11.3 Å². The van der Waals surface area contributed by atoms with E-state index in [4.69, 9.17) is 0 Å². The molecular weight excluding hydrogens is 378 g/mol. The SMILES string of the molecule is CN(Cc1nc2ccsc2c(=O)[nH]1)C(=O)CCNC(=O)NCc1ccccc1. The van der Waals surface area contributed by atoms with Crippen LogP contribution >= 0.6 is 11.3 Å². The second-order valence-electron chi connectivity index (χ2n) is 6.24. The average Bonchev–Trinajstić information content (AvgIpc) is 3.16. The van der Waals surface area contributed by atoms with Crippen LogP contribution in [-0.2, 0) is 17.9 Å². The van der Waals surface area contributed by atoms with E-state index in [0.29, 0.717) is 22.6 Å². The Balaban J connectivity index is 1.42. The van der Waals surface area contributed by atoms with Gasteiger partial charge < -0.3 is 20.5 Å². The molecule has 28 heavy (non-hydrogen) atoms. The van der Waals surface area contributed by atoms with Crippen LogP contribution in [0.25, 0.3) is 10.2 Å². The molecule has 0 aliphatic heterocycles. The number of urea groups is 1. The van der Waals surface area contributed by atoms with Crippen LogP contribution in [0.3, 0.4) is 0 Å². The van der Waals surface area contributed by atoms with Gasteiger partial charge >= 0.3 is 6.03 Å². The Morgan fingerprint density at radius 1 is 1.18 bits per heavy atom. The van der Waals surface area contributed by atoms with Gasteiger partial charge in [-0.2, -0.15) is 0 Å². The summed E-state index contributed by atoms with van der Waals surface area (Å²) in [4.78, 5) is 44.6. The number of benzene rings is 1. The van der Waals surface area contributed by atoms with E-state index in [-0.39, 0.29) is 37.0 Å². The van der Waals surface area contributed by atoms with Gasteiger partial charge in [-0.05, 0) is 17.0 Å². The summed E-state index contributed by atoms with van der Waals surface area (Å²) in [5.41, 5.74) is 1.42. The van der Waals surface area contributed by atoms with Crippen molar-refractivity contribution in [3.05, 3.63) is 63.5 Å². The summed E-state index contributed by atoms with van der Waals surface area (Å²) < 4.78 is 0.573. The number of thiophene rings is 1. The molecule has 0 aliphatic rings. The van der Waals surface area contributed by atoms with Crippen LogP contribution in [-0.4, -0.2) is 40.4 Å². The Labute approximate surface area is 165 Å². The zero-order chi connectivity index (χ0) is 19.9. The molecule has 0 saturated carbocycles. The number of fused-ring (bicyclic) bond motifs is 1. The average molecular weight is 399 g/mol. The van der Waals surface area contributed by atoms with Crippen LogP contribution in [0.1, 0.15) is 17.8 Å². The molecular formula is C19H21N5O3S. The molecule has 0 aliphatic carbocycles. The van der Waals surface area contributed by atoms with E-state index in [9.17, 15) is 14.4 Å². The van der Waals surface area contributed by atoms with Crippen LogP contribution in [0.2, 0.25) is 0 Å². The fourth-order valence-corrected chi connectivity index (χ4v) is 3.35. The Bertz CT molecular complexity index is 1020. The molecule has 0 atom stereocenters. The van der Waals surface area contributed by atoms with Gasteiger partial charge in [0.25, 0.3) is 5.56 Å². The first-order valence-corrected chi connectivity index (χ1v) is 9.67. The highest BCUT2D eigenvalue weighted by Crippen LogP contribution is 2.14. The molecule has 3 rings (SSSR count). The first-order chi connectivity index (χ1) is 13.5. The smallest absolute Gasteiger partial charge is 0.315 e. The number of nitrogens with zero attached hydrogens (tertiary/aromatic N) is 2. The number of aromatic nitrogens is 2. The van der Waals surface area contributed by atoms with Crippen molar-refractivity contribution in [3.63, 3.8) is 0 Å². The number of hydrogen-bond donors (Lipinski definition) is 3. The first kappa shape index (κ1) is 19.6. The van der Waals surface area contributed by atoms with Crippen LogP contribution in [0, 0.1) is 0 Å². The van der Waals surface area contributed by atoms with Crippen molar-refractivity contribution >= 4 is 33.5 Å². The third-order valence-corrected chi connectivity index (χ3v) is 5.00. The van der Waals surface area contributed by atoms with E-state index in [1.807, 2.05) is 30.3 Å². The number of carbonyl (C=O) groups is 2. The lowest BCUT2D eigenvalue weighted by atomic mass is 10.2. The maximum Gasteiger partial charge on any atom is 0.315 e. The fourth-order valence-electron chi connectivity index (χ4n) is 2.62. The maximum absolute atomic E-state index is 12.2. The van der Waals surface area contributed by atoms with Gasteiger partial charge in [-0.1, -0.05) is 30.3 Å². The van der Waals surface area contributed by atoms with E-state index in [1.165, 1.54) is 16.2 Å². The molecule has 0 saturated heterocycles. The zero-order valence-electron chi connectivity index (χ0n) is 15.4. The number of hydrogen-bond acceptors (Lipinski definition) is 5. The monoisotopic (exact) mass is 399 g/mol. The third-order valence-electron chi connectivity index (χ3n) is 4.10. The highest BCUT2D eigenvalue weighted by molar-refractivity contribution is 7.17. The Hall–Kier alpha value is -3.20. The summed E-state index contributed by atoms with van der Waals surface area (Å²) in [7, 11) is 1.63. The number of aromatic amines is 1. The molecule has 0 bridgehead atoms. The predicted octanol–water partition coefficient (Wildman–Crippen LogP) is 1.83. The topological polar surface area (TPSA) is 107 Å². The largest absolute Gasteiger partial charge is 0.338 e. The Morgan fingerprint density at radius 2 is 1.96 bits per heavy atom. The van der Waals surface area contributed by atoms with Gasteiger partial charge in [0, 0.05) is 26.6 Å². The number of H-pyrrole nitrogens is 1. The Kier molecular flexibility index (Phi) is 6.38. The minimum absolute atomic E-state index is 0.153. The van der Waals surface area contributed by atoms with E-state index in [1.54, 1.807) is 18.5 Å². The van der Waals surface area contributed by atoms with Crippen molar-refractivity contribution in [2.24, 2.45) is 0 Å². The lowest BCUT2D eigenvalue weighted by Gasteiger charge is -2.16. The number of rotatable bonds is 7. The standard InChI is InChI=1S/C19H21N5O3S/c1-24(12-15-22-14-8-10-28-17(14)18(26)23-15)16(25)7-9-20-19(27)21-11-13-5-3-2-4-6-13/h2-6,8,10H,7,9,11-12H2,1H3,(H2,20,21,27)(H,22,23,26). The molecule has 1 aromatic carbocycles. The molecule has 8 nitrogen and oxygen atoms in total. The van der Waals surface area contributed by atoms with Crippen molar-refractivity contribution in [1.82, 2.24) is 25.5 Å². The number of amides is 3. The quantitative estimate of drug-likeness (QED) is 0.563. The molecule has 2 heterocycles. The molecule has 0 radical (unpaired) electrons. The van der Waals surface area contributed by atoms with Gasteiger partial charge in [0.15, 0.2) is 0 Å². The van der Waals surface area contributed by atoms with Gasteiger partial charge in [-0.3, -0.25) is 9.59 Å².